The quantitative estimate of drug-likeness (QED) is 0.873. The maximum Gasteiger partial charge on any atom is 0.237 e. The van der Waals surface area contributed by atoms with Crippen LogP contribution in [0, 0.1) is 0 Å². The second-order valence-corrected chi connectivity index (χ2v) is 5.62. The minimum absolute atomic E-state index is 0.00341. The molecule has 3 heteroatoms. The molecule has 1 heterocycles. The second kappa shape index (κ2) is 6.71. The van der Waals surface area contributed by atoms with Gasteiger partial charge in [0.05, 0.1) is 6.04 Å². The minimum atomic E-state index is 0.00341. The molecule has 1 aromatic carbocycles. The van der Waals surface area contributed by atoms with Crippen molar-refractivity contribution in [1.82, 2.24) is 10.6 Å². The van der Waals surface area contributed by atoms with Crippen molar-refractivity contribution in [2.75, 3.05) is 6.54 Å². The molecule has 0 spiro atoms. The maximum atomic E-state index is 12.0. The van der Waals surface area contributed by atoms with E-state index in [1.165, 1.54) is 12.0 Å². The third kappa shape index (κ3) is 4.06. The van der Waals surface area contributed by atoms with E-state index in [0.29, 0.717) is 12.5 Å². The average molecular weight is 260 g/mol. The summed E-state index contributed by atoms with van der Waals surface area (Å²) < 4.78 is 0. The lowest BCUT2D eigenvalue weighted by Crippen LogP contribution is -2.46. The first-order valence-electron chi connectivity index (χ1n) is 7.27. The Kier molecular flexibility index (Phi) is 4.97. The summed E-state index contributed by atoms with van der Waals surface area (Å²) in [5.74, 6) is 0.683. The molecule has 1 amide bonds. The van der Waals surface area contributed by atoms with E-state index in [4.69, 9.17) is 0 Å². The molecule has 0 aliphatic carbocycles. The predicted molar refractivity (Wildman–Crippen MR) is 78.0 cm³/mol. The monoisotopic (exact) mass is 260 g/mol. The number of carbonyl (C=O) groups excluding carboxylic acids is 1. The lowest BCUT2D eigenvalue weighted by molar-refractivity contribution is -0.123. The van der Waals surface area contributed by atoms with Crippen LogP contribution in [0.2, 0.25) is 0 Å². The Morgan fingerprint density at radius 1 is 1.32 bits per heavy atom. The van der Waals surface area contributed by atoms with Gasteiger partial charge in [-0.05, 0) is 36.4 Å². The van der Waals surface area contributed by atoms with Gasteiger partial charge in [0.2, 0.25) is 5.91 Å². The Hall–Kier alpha value is -1.35. The SMILES string of the molecule is CC(C)c1ccc(CNC(=O)C2CCCCN2)cc1. The molecule has 1 unspecified atom stereocenters. The van der Waals surface area contributed by atoms with Crippen molar-refractivity contribution in [3.05, 3.63) is 35.4 Å². The standard InChI is InChI=1S/C16H24N2O/c1-12(2)14-8-6-13(7-9-14)11-18-16(19)15-5-3-4-10-17-15/h6-9,12,15,17H,3-5,10-11H2,1-2H3,(H,18,19). The van der Waals surface area contributed by atoms with E-state index < -0.39 is 0 Å². The van der Waals surface area contributed by atoms with Gasteiger partial charge < -0.3 is 10.6 Å². The van der Waals surface area contributed by atoms with Crippen LogP contribution in [0.1, 0.15) is 50.2 Å². The highest BCUT2D eigenvalue weighted by Crippen LogP contribution is 2.14. The van der Waals surface area contributed by atoms with Gasteiger partial charge in [0, 0.05) is 6.54 Å². The molecule has 1 aliphatic heterocycles. The molecule has 3 nitrogen and oxygen atoms in total. The smallest absolute Gasteiger partial charge is 0.237 e. The van der Waals surface area contributed by atoms with Gasteiger partial charge in [-0.15, -0.1) is 0 Å². The van der Waals surface area contributed by atoms with Crippen LogP contribution in [0.25, 0.3) is 0 Å². The van der Waals surface area contributed by atoms with Gasteiger partial charge in [-0.3, -0.25) is 4.79 Å². The van der Waals surface area contributed by atoms with Crippen molar-refractivity contribution >= 4 is 5.91 Å². The van der Waals surface area contributed by atoms with Crippen LogP contribution in [-0.4, -0.2) is 18.5 Å². The largest absolute Gasteiger partial charge is 0.351 e. The summed E-state index contributed by atoms with van der Waals surface area (Å²) >= 11 is 0. The van der Waals surface area contributed by atoms with Crippen molar-refractivity contribution in [2.24, 2.45) is 0 Å². The zero-order valence-electron chi connectivity index (χ0n) is 11.9. The molecule has 1 atom stereocenters. The highest BCUT2D eigenvalue weighted by molar-refractivity contribution is 5.81. The number of hydrogen-bond acceptors (Lipinski definition) is 2. The Morgan fingerprint density at radius 2 is 2.05 bits per heavy atom. The topological polar surface area (TPSA) is 41.1 Å². The number of piperidine rings is 1. The minimum Gasteiger partial charge on any atom is -0.351 e. The molecule has 2 rings (SSSR count). The average Bonchev–Trinajstić information content (AvgIpc) is 2.46. The zero-order valence-corrected chi connectivity index (χ0v) is 11.9. The predicted octanol–water partition coefficient (Wildman–Crippen LogP) is 2.57. The number of carbonyl (C=O) groups is 1. The molecule has 0 saturated carbocycles. The van der Waals surface area contributed by atoms with Crippen LogP contribution in [0.4, 0.5) is 0 Å². The molecule has 1 aromatic rings. The van der Waals surface area contributed by atoms with Crippen molar-refractivity contribution in [3.8, 4) is 0 Å². The number of hydrogen-bond donors (Lipinski definition) is 2. The highest BCUT2D eigenvalue weighted by Gasteiger charge is 2.19. The van der Waals surface area contributed by atoms with Crippen molar-refractivity contribution in [3.63, 3.8) is 0 Å². The summed E-state index contributed by atoms with van der Waals surface area (Å²) in [4.78, 5) is 12.0. The van der Waals surface area contributed by atoms with Gasteiger partial charge in [-0.2, -0.15) is 0 Å². The van der Waals surface area contributed by atoms with E-state index in [2.05, 4.69) is 48.7 Å². The van der Waals surface area contributed by atoms with E-state index in [-0.39, 0.29) is 11.9 Å². The Bertz CT molecular complexity index is 405. The van der Waals surface area contributed by atoms with Crippen molar-refractivity contribution in [1.29, 1.82) is 0 Å². The second-order valence-electron chi connectivity index (χ2n) is 5.62. The number of amides is 1. The number of rotatable bonds is 4. The van der Waals surface area contributed by atoms with Crippen LogP contribution in [-0.2, 0) is 11.3 Å². The lowest BCUT2D eigenvalue weighted by atomic mass is 10.0. The molecule has 1 fully saturated rings. The van der Waals surface area contributed by atoms with Gasteiger partial charge in [-0.25, -0.2) is 0 Å². The van der Waals surface area contributed by atoms with Gasteiger partial charge in [0.25, 0.3) is 0 Å². The Morgan fingerprint density at radius 3 is 2.63 bits per heavy atom. The molecule has 2 N–H and O–H groups in total. The molecule has 0 radical (unpaired) electrons. The third-order valence-electron chi connectivity index (χ3n) is 3.74. The number of nitrogens with one attached hydrogen (secondary N) is 2. The van der Waals surface area contributed by atoms with Gasteiger partial charge in [-0.1, -0.05) is 44.5 Å². The van der Waals surface area contributed by atoms with Crippen LogP contribution < -0.4 is 10.6 Å². The molecular weight excluding hydrogens is 236 g/mol. The molecular formula is C16H24N2O. The summed E-state index contributed by atoms with van der Waals surface area (Å²) in [5.41, 5.74) is 2.50. The summed E-state index contributed by atoms with van der Waals surface area (Å²) in [5, 5.41) is 6.28. The van der Waals surface area contributed by atoms with Gasteiger partial charge in [0.15, 0.2) is 0 Å². The Labute approximate surface area is 115 Å². The Balaban J connectivity index is 1.82. The molecule has 1 saturated heterocycles. The van der Waals surface area contributed by atoms with Crippen molar-refractivity contribution < 1.29 is 4.79 Å². The summed E-state index contributed by atoms with van der Waals surface area (Å²) in [7, 11) is 0. The molecule has 0 aromatic heterocycles. The molecule has 19 heavy (non-hydrogen) atoms. The molecule has 104 valence electrons. The summed E-state index contributed by atoms with van der Waals surface area (Å²) in [6.45, 7) is 5.95. The summed E-state index contributed by atoms with van der Waals surface area (Å²) in [6.07, 6.45) is 3.28. The van der Waals surface area contributed by atoms with Crippen LogP contribution in [0.15, 0.2) is 24.3 Å². The first-order valence-corrected chi connectivity index (χ1v) is 7.27. The van der Waals surface area contributed by atoms with Crippen molar-refractivity contribution in [2.45, 2.75) is 51.6 Å². The molecule has 1 aliphatic rings. The lowest BCUT2D eigenvalue weighted by Gasteiger charge is -2.22. The zero-order chi connectivity index (χ0) is 13.7. The van der Waals surface area contributed by atoms with E-state index in [1.54, 1.807) is 0 Å². The molecule has 0 bridgehead atoms. The fraction of sp³-hybridized carbons (Fsp3) is 0.562. The van der Waals surface area contributed by atoms with Crippen LogP contribution in [0.3, 0.4) is 0 Å². The fourth-order valence-corrected chi connectivity index (χ4v) is 2.41. The first-order chi connectivity index (χ1) is 9.16. The summed E-state index contributed by atoms with van der Waals surface area (Å²) in [6, 6.07) is 8.49. The van der Waals surface area contributed by atoms with Crippen LogP contribution >= 0.6 is 0 Å². The van der Waals surface area contributed by atoms with E-state index in [9.17, 15) is 4.79 Å². The highest BCUT2D eigenvalue weighted by atomic mass is 16.2. The van der Waals surface area contributed by atoms with Crippen LogP contribution in [0.5, 0.6) is 0 Å². The third-order valence-corrected chi connectivity index (χ3v) is 3.74. The van der Waals surface area contributed by atoms with E-state index in [1.807, 2.05) is 0 Å². The van der Waals surface area contributed by atoms with E-state index in [0.717, 1.165) is 24.9 Å². The van der Waals surface area contributed by atoms with E-state index >= 15 is 0 Å². The van der Waals surface area contributed by atoms with Gasteiger partial charge in [0.1, 0.15) is 0 Å². The normalized spacial score (nSPS) is 19.4. The fourth-order valence-electron chi connectivity index (χ4n) is 2.41. The number of benzene rings is 1. The maximum absolute atomic E-state index is 12.0. The first kappa shape index (κ1) is 14.1. The van der Waals surface area contributed by atoms with Gasteiger partial charge >= 0.3 is 0 Å².